The number of thiol groups is 1. The van der Waals surface area contributed by atoms with Crippen LogP contribution in [0.15, 0.2) is 41.3 Å². The van der Waals surface area contributed by atoms with Crippen molar-refractivity contribution in [1.29, 1.82) is 0 Å². The van der Waals surface area contributed by atoms with E-state index < -0.39 is 8.07 Å². The summed E-state index contributed by atoms with van der Waals surface area (Å²) in [5.41, 5.74) is 0. The molecule has 0 unspecified atom stereocenters. The highest BCUT2D eigenvalue weighted by atomic mass is 32.1. The molecule has 0 bridgehead atoms. The van der Waals surface area contributed by atoms with E-state index in [0.717, 1.165) is 4.90 Å². The minimum atomic E-state index is -1.32. The van der Waals surface area contributed by atoms with Crippen LogP contribution in [0.3, 0.4) is 0 Å². The van der Waals surface area contributed by atoms with E-state index in [4.69, 9.17) is 0 Å². The van der Waals surface area contributed by atoms with E-state index in [0.29, 0.717) is 0 Å². The highest BCUT2D eigenvalue weighted by molar-refractivity contribution is 7.80. The number of fused-ring (bicyclic) bond motifs is 1. The summed E-state index contributed by atoms with van der Waals surface area (Å²) in [5.74, 6) is 0. The second kappa shape index (κ2) is 3.69. The fourth-order valence-corrected chi connectivity index (χ4v) is 5.14. The van der Waals surface area contributed by atoms with Crippen LogP contribution in [0.25, 0.3) is 10.8 Å². The van der Waals surface area contributed by atoms with Crippen molar-refractivity contribution in [2.75, 3.05) is 0 Å². The van der Waals surface area contributed by atoms with E-state index in [9.17, 15) is 0 Å². The Morgan fingerprint density at radius 1 is 0.933 bits per heavy atom. The van der Waals surface area contributed by atoms with Crippen molar-refractivity contribution in [3.63, 3.8) is 0 Å². The van der Waals surface area contributed by atoms with Crippen LogP contribution in [0.4, 0.5) is 0 Å². The van der Waals surface area contributed by atoms with Gasteiger partial charge in [0.25, 0.3) is 0 Å². The van der Waals surface area contributed by atoms with Gasteiger partial charge in [-0.15, -0.1) is 12.6 Å². The Labute approximate surface area is 97.7 Å². The van der Waals surface area contributed by atoms with Crippen molar-refractivity contribution in [1.82, 2.24) is 0 Å². The Morgan fingerprint density at radius 2 is 1.60 bits per heavy atom. The first-order chi connectivity index (χ1) is 7.00. The summed E-state index contributed by atoms with van der Waals surface area (Å²) in [4.78, 5) is 1.15. The third-order valence-corrected chi connectivity index (χ3v) is 5.28. The number of rotatable bonds is 1. The molecule has 0 aliphatic rings. The maximum absolute atomic E-state index is 4.60. The average molecular weight is 232 g/mol. The summed E-state index contributed by atoms with van der Waals surface area (Å²) in [6.45, 7) is 7.11. The minimum Gasteiger partial charge on any atom is -0.144 e. The van der Waals surface area contributed by atoms with Crippen molar-refractivity contribution >= 4 is 36.7 Å². The van der Waals surface area contributed by atoms with Crippen LogP contribution in [0, 0.1) is 0 Å². The number of hydrogen-bond donors (Lipinski definition) is 1. The summed E-state index contributed by atoms with van der Waals surface area (Å²) in [5, 5.41) is 4.18. The Bertz CT molecular complexity index is 497. The first kappa shape index (κ1) is 10.8. The molecule has 0 spiro atoms. The van der Waals surface area contributed by atoms with Gasteiger partial charge in [-0.3, -0.25) is 0 Å². The SMILES string of the molecule is C[Si](C)(C)c1c(S)ccc2ccccc12. The largest absolute Gasteiger partial charge is 0.144 e. The molecule has 78 valence electrons. The minimum absolute atomic E-state index is 1.15. The molecule has 0 fully saturated rings. The number of benzene rings is 2. The lowest BCUT2D eigenvalue weighted by Crippen LogP contribution is -2.39. The van der Waals surface area contributed by atoms with Crippen LogP contribution >= 0.6 is 12.6 Å². The molecule has 2 aromatic rings. The molecular formula is C13H16SSi. The molecule has 2 heteroatoms. The molecule has 0 aliphatic carbocycles. The van der Waals surface area contributed by atoms with E-state index in [1.807, 2.05) is 0 Å². The average Bonchev–Trinajstić information content (AvgIpc) is 2.15. The van der Waals surface area contributed by atoms with Gasteiger partial charge in [0.1, 0.15) is 0 Å². The molecule has 0 N–H and O–H groups in total. The monoisotopic (exact) mass is 232 g/mol. The van der Waals surface area contributed by atoms with Gasteiger partial charge in [0.05, 0.1) is 8.07 Å². The molecule has 0 amide bonds. The molecule has 0 heterocycles. The van der Waals surface area contributed by atoms with Gasteiger partial charge in [0, 0.05) is 4.90 Å². The topological polar surface area (TPSA) is 0 Å². The van der Waals surface area contributed by atoms with Gasteiger partial charge in [-0.25, -0.2) is 0 Å². The van der Waals surface area contributed by atoms with Crippen LogP contribution in [0.1, 0.15) is 0 Å². The molecule has 2 aromatic carbocycles. The third kappa shape index (κ3) is 1.97. The normalized spacial score (nSPS) is 12.0. The van der Waals surface area contributed by atoms with Crippen LogP contribution in [-0.2, 0) is 0 Å². The van der Waals surface area contributed by atoms with Crippen LogP contribution in [-0.4, -0.2) is 8.07 Å². The first-order valence-corrected chi connectivity index (χ1v) is 9.16. The summed E-state index contributed by atoms with van der Waals surface area (Å²) in [7, 11) is -1.32. The predicted octanol–water partition coefficient (Wildman–Crippen LogP) is 3.67. The summed E-state index contributed by atoms with van der Waals surface area (Å²) in [6.07, 6.45) is 0. The molecular weight excluding hydrogens is 216 g/mol. The van der Waals surface area contributed by atoms with Crippen LogP contribution in [0.2, 0.25) is 19.6 Å². The van der Waals surface area contributed by atoms with Crippen LogP contribution < -0.4 is 5.19 Å². The van der Waals surface area contributed by atoms with E-state index in [2.05, 4.69) is 68.7 Å². The van der Waals surface area contributed by atoms with E-state index in [1.165, 1.54) is 16.0 Å². The lowest BCUT2D eigenvalue weighted by atomic mass is 10.1. The fourth-order valence-electron chi connectivity index (χ4n) is 2.05. The lowest BCUT2D eigenvalue weighted by molar-refractivity contribution is 1.54. The number of hydrogen-bond acceptors (Lipinski definition) is 1. The van der Waals surface area contributed by atoms with Gasteiger partial charge in [0.15, 0.2) is 0 Å². The second-order valence-electron chi connectivity index (χ2n) is 4.93. The van der Waals surface area contributed by atoms with Crippen LogP contribution in [0.5, 0.6) is 0 Å². The summed E-state index contributed by atoms with van der Waals surface area (Å²) < 4.78 is 0. The molecule has 0 saturated carbocycles. The molecule has 0 radical (unpaired) electrons. The maximum atomic E-state index is 4.60. The summed E-state index contributed by atoms with van der Waals surface area (Å²) in [6, 6.07) is 12.9. The Kier molecular flexibility index (Phi) is 2.65. The van der Waals surface area contributed by atoms with Gasteiger partial charge in [0.2, 0.25) is 0 Å². The van der Waals surface area contributed by atoms with E-state index in [1.54, 1.807) is 0 Å². The molecule has 2 rings (SSSR count). The van der Waals surface area contributed by atoms with Crippen molar-refractivity contribution < 1.29 is 0 Å². The Hall–Kier alpha value is -0.733. The van der Waals surface area contributed by atoms with Gasteiger partial charge >= 0.3 is 0 Å². The molecule has 0 aliphatic heterocycles. The van der Waals surface area contributed by atoms with Crippen molar-refractivity contribution in [3.8, 4) is 0 Å². The lowest BCUT2D eigenvalue weighted by Gasteiger charge is -2.21. The molecule has 0 atom stereocenters. The zero-order chi connectivity index (χ0) is 11.1. The second-order valence-corrected chi connectivity index (χ2v) is 10.4. The fraction of sp³-hybridized carbons (Fsp3) is 0.231. The zero-order valence-corrected chi connectivity index (χ0v) is 11.3. The predicted molar refractivity (Wildman–Crippen MR) is 74.2 cm³/mol. The highest BCUT2D eigenvalue weighted by Gasteiger charge is 2.21. The first-order valence-electron chi connectivity index (χ1n) is 5.21. The Morgan fingerprint density at radius 3 is 2.27 bits per heavy atom. The van der Waals surface area contributed by atoms with Gasteiger partial charge in [-0.1, -0.05) is 50.0 Å². The molecule has 0 nitrogen and oxygen atoms in total. The third-order valence-electron chi connectivity index (χ3n) is 2.66. The molecule has 15 heavy (non-hydrogen) atoms. The highest BCUT2D eigenvalue weighted by Crippen LogP contribution is 2.20. The van der Waals surface area contributed by atoms with Crippen molar-refractivity contribution in [3.05, 3.63) is 36.4 Å². The summed E-state index contributed by atoms with van der Waals surface area (Å²) >= 11 is 4.60. The van der Waals surface area contributed by atoms with Crippen molar-refractivity contribution in [2.45, 2.75) is 24.5 Å². The standard InChI is InChI=1S/C13H16SSi/c1-15(2,3)13-11-7-5-4-6-10(11)8-9-12(13)14/h4-9,14H,1-3H3. The smallest absolute Gasteiger partial charge is 0.0798 e. The van der Waals surface area contributed by atoms with E-state index in [-0.39, 0.29) is 0 Å². The van der Waals surface area contributed by atoms with Gasteiger partial charge < -0.3 is 0 Å². The van der Waals surface area contributed by atoms with Gasteiger partial charge in [-0.05, 0) is 22.0 Å². The maximum Gasteiger partial charge on any atom is 0.0798 e. The zero-order valence-electron chi connectivity index (χ0n) is 9.41. The Balaban J connectivity index is 2.86. The van der Waals surface area contributed by atoms with E-state index >= 15 is 0 Å². The van der Waals surface area contributed by atoms with Gasteiger partial charge in [-0.2, -0.15) is 0 Å². The van der Waals surface area contributed by atoms with Crippen molar-refractivity contribution in [2.24, 2.45) is 0 Å². The molecule has 0 saturated heterocycles. The quantitative estimate of drug-likeness (QED) is 0.563. The molecule has 0 aromatic heterocycles.